The molecule has 0 spiro atoms. The fourth-order valence-electron chi connectivity index (χ4n) is 2.62. The van der Waals surface area contributed by atoms with E-state index in [1.165, 1.54) is 0 Å². The van der Waals surface area contributed by atoms with Gasteiger partial charge in [0.2, 0.25) is 0 Å². The van der Waals surface area contributed by atoms with Crippen LogP contribution in [0.5, 0.6) is 0 Å². The van der Waals surface area contributed by atoms with E-state index < -0.39 is 10.8 Å². The molecule has 0 N–H and O–H groups in total. The van der Waals surface area contributed by atoms with Crippen LogP contribution in [0.15, 0.2) is 52.3 Å². The number of hydrogen-bond donors (Lipinski definition) is 0. The average molecular weight is 299 g/mol. The first-order valence-corrected chi connectivity index (χ1v) is 8.29. The Morgan fingerprint density at radius 3 is 2.62 bits per heavy atom. The Kier molecular flexibility index (Phi) is 3.88. The molecule has 0 radical (unpaired) electrons. The van der Waals surface area contributed by atoms with Gasteiger partial charge in [-0.2, -0.15) is 0 Å². The standard InChI is InChI=1S/C17H17NO2S/c1-2-3-10-18-14-6-4-5-7-16(14)21(20)17-11-13(12-19)8-9-15(17)18/h4-9,11-12H,2-3,10H2,1H3. The minimum Gasteiger partial charge on any atom is -0.339 e. The number of nitrogens with zero attached hydrogens (tertiary/aromatic N) is 1. The number of benzene rings is 2. The molecule has 2 aromatic carbocycles. The van der Waals surface area contributed by atoms with Gasteiger partial charge in [0.15, 0.2) is 0 Å². The van der Waals surface area contributed by atoms with Crippen molar-refractivity contribution in [2.45, 2.75) is 29.6 Å². The lowest BCUT2D eigenvalue weighted by Gasteiger charge is -2.32. The SMILES string of the molecule is CCCCN1c2ccccc2S(=O)c2cc(C=O)ccc21. The molecule has 3 nitrogen and oxygen atoms in total. The molecule has 1 aliphatic heterocycles. The van der Waals surface area contributed by atoms with Gasteiger partial charge < -0.3 is 4.90 Å². The van der Waals surface area contributed by atoms with Crippen molar-refractivity contribution in [2.75, 3.05) is 11.4 Å². The van der Waals surface area contributed by atoms with Gasteiger partial charge in [-0.05, 0) is 36.8 Å². The lowest BCUT2D eigenvalue weighted by molar-refractivity contribution is 0.112. The Labute approximate surface area is 127 Å². The maximum Gasteiger partial charge on any atom is 0.150 e. The highest BCUT2D eigenvalue weighted by atomic mass is 32.2. The Morgan fingerprint density at radius 2 is 1.86 bits per heavy atom. The third-order valence-electron chi connectivity index (χ3n) is 3.70. The first kappa shape index (κ1) is 14.0. The zero-order valence-electron chi connectivity index (χ0n) is 11.9. The first-order chi connectivity index (χ1) is 10.3. The molecule has 1 heterocycles. The van der Waals surface area contributed by atoms with Gasteiger partial charge in [-0.25, -0.2) is 4.21 Å². The summed E-state index contributed by atoms with van der Waals surface area (Å²) in [5.74, 6) is 0. The number of aldehydes is 1. The molecule has 0 aliphatic carbocycles. The molecule has 0 fully saturated rings. The maximum atomic E-state index is 12.8. The molecular weight excluding hydrogens is 282 g/mol. The monoisotopic (exact) mass is 299 g/mol. The van der Waals surface area contributed by atoms with Crippen LogP contribution >= 0.6 is 0 Å². The van der Waals surface area contributed by atoms with Crippen LogP contribution in [0.25, 0.3) is 0 Å². The molecule has 2 aromatic rings. The molecule has 3 rings (SSSR count). The van der Waals surface area contributed by atoms with Gasteiger partial charge in [0, 0.05) is 12.1 Å². The summed E-state index contributed by atoms with van der Waals surface area (Å²) in [5.41, 5.74) is 2.53. The fourth-order valence-corrected chi connectivity index (χ4v) is 4.04. The summed E-state index contributed by atoms with van der Waals surface area (Å²) >= 11 is 0. The van der Waals surface area contributed by atoms with Gasteiger partial charge in [0.05, 0.1) is 32.0 Å². The van der Waals surface area contributed by atoms with Crippen molar-refractivity contribution in [1.29, 1.82) is 0 Å². The maximum absolute atomic E-state index is 12.8. The van der Waals surface area contributed by atoms with E-state index in [0.717, 1.165) is 46.8 Å². The molecule has 1 aliphatic rings. The highest BCUT2D eigenvalue weighted by Crippen LogP contribution is 2.42. The molecular formula is C17H17NO2S. The van der Waals surface area contributed by atoms with Crippen LogP contribution in [-0.2, 0) is 10.8 Å². The van der Waals surface area contributed by atoms with Crippen molar-refractivity contribution < 1.29 is 9.00 Å². The zero-order chi connectivity index (χ0) is 14.8. The second kappa shape index (κ2) is 5.82. The molecule has 0 bridgehead atoms. The van der Waals surface area contributed by atoms with Crippen LogP contribution in [-0.4, -0.2) is 17.0 Å². The molecule has 1 unspecified atom stereocenters. The minimum atomic E-state index is -1.23. The zero-order valence-corrected chi connectivity index (χ0v) is 12.7. The summed E-state index contributed by atoms with van der Waals surface area (Å²) in [6, 6.07) is 13.2. The minimum absolute atomic E-state index is 0.567. The highest BCUT2D eigenvalue weighted by Gasteiger charge is 2.27. The van der Waals surface area contributed by atoms with Crippen LogP contribution in [0.2, 0.25) is 0 Å². The van der Waals surface area contributed by atoms with Crippen LogP contribution in [0, 0.1) is 0 Å². The molecule has 0 amide bonds. The summed E-state index contributed by atoms with van der Waals surface area (Å²) in [5, 5.41) is 0. The van der Waals surface area contributed by atoms with Crippen molar-refractivity contribution in [3.05, 3.63) is 48.0 Å². The molecule has 1 atom stereocenters. The third kappa shape index (κ3) is 2.40. The quantitative estimate of drug-likeness (QED) is 0.803. The summed E-state index contributed by atoms with van der Waals surface area (Å²) in [6.07, 6.45) is 2.97. The molecule has 21 heavy (non-hydrogen) atoms. The number of hydrogen-bond acceptors (Lipinski definition) is 3. The molecule has 108 valence electrons. The van der Waals surface area contributed by atoms with E-state index in [1.54, 1.807) is 12.1 Å². The largest absolute Gasteiger partial charge is 0.339 e. The summed E-state index contributed by atoms with van der Waals surface area (Å²) in [7, 11) is -1.23. The lowest BCUT2D eigenvalue weighted by Crippen LogP contribution is -2.25. The number of carbonyl (C=O) groups excluding carboxylic acids is 1. The van der Waals surface area contributed by atoms with Gasteiger partial charge in [0.25, 0.3) is 0 Å². The molecule has 0 aromatic heterocycles. The van der Waals surface area contributed by atoms with Crippen molar-refractivity contribution >= 4 is 28.5 Å². The molecule has 0 saturated heterocycles. The Bertz CT molecular complexity index is 712. The number of rotatable bonds is 4. The van der Waals surface area contributed by atoms with E-state index in [1.807, 2.05) is 30.3 Å². The van der Waals surface area contributed by atoms with Gasteiger partial charge in [-0.15, -0.1) is 0 Å². The lowest BCUT2D eigenvalue weighted by atomic mass is 10.1. The van der Waals surface area contributed by atoms with Crippen molar-refractivity contribution in [2.24, 2.45) is 0 Å². The smallest absolute Gasteiger partial charge is 0.150 e. The van der Waals surface area contributed by atoms with Crippen LogP contribution in [0.1, 0.15) is 30.1 Å². The molecule has 0 saturated carbocycles. The summed E-state index contributed by atoms with van der Waals surface area (Å²) in [4.78, 5) is 14.8. The van der Waals surface area contributed by atoms with Crippen molar-refractivity contribution in [1.82, 2.24) is 0 Å². The number of unbranched alkanes of at least 4 members (excludes halogenated alkanes) is 1. The first-order valence-electron chi connectivity index (χ1n) is 7.14. The average Bonchev–Trinajstić information content (AvgIpc) is 2.54. The summed E-state index contributed by atoms with van der Waals surface area (Å²) < 4.78 is 12.8. The van der Waals surface area contributed by atoms with Crippen molar-refractivity contribution in [3.63, 3.8) is 0 Å². The van der Waals surface area contributed by atoms with E-state index in [2.05, 4.69) is 11.8 Å². The van der Waals surface area contributed by atoms with E-state index in [-0.39, 0.29) is 0 Å². The van der Waals surface area contributed by atoms with Gasteiger partial charge in [-0.3, -0.25) is 4.79 Å². The Balaban J connectivity index is 2.16. The van der Waals surface area contributed by atoms with Crippen molar-refractivity contribution in [3.8, 4) is 0 Å². The van der Waals surface area contributed by atoms with E-state index >= 15 is 0 Å². The number of carbonyl (C=O) groups is 1. The Hall–Kier alpha value is -1.94. The second-order valence-electron chi connectivity index (χ2n) is 5.09. The molecule has 4 heteroatoms. The van der Waals surface area contributed by atoms with Gasteiger partial charge in [0.1, 0.15) is 6.29 Å². The number of anilines is 2. The van der Waals surface area contributed by atoms with Crippen LogP contribution in [0.3, 0.4) is 0 Å². The number of para-hydroxylation sites is 1. The third-order valence-corrected chi connectivity index (χ3v) is 5.17. The predicted octanol–water partition coefficient (Wildman–Crippen LogP) is 3.92. The van der Waals surface area contributed by atoms with Gasteiger partial charge >= 0.3 is 0 Å². The van der Waals surface area contributed by atoms with E-state index in [0.29, 0.717) is 5.56 Å². The van der Waals surface area contributed by atoms with Crippen LogP contribution in [0.4, 0.5) is 11.4 Å². The van der Waals surface area contributed by atoms with E-state index in [4.69, 9.17) is 0 Å². The van der Waals surface area contributed by atoms with Gasteiger partial charge in [-0.1, -0.05) is 25.5 Å². The van der Waals surface area contributed by atoms with Crippen LogP contribution < -0.4 is 4.90 Å². The fraction of sp³-hybridized carbons (Fsp3) is 0.235. The van der Waals surface area contributed by atoms with E-state index in [9.17, 15) is 9.00 Å². The highest BCUT2D eigenvalue weighted by molar-refractivity contribution is 7.85. The number of fused-ring (bicyclic) bond motifs is 2. The predicted molar refractivity (Wildman–Crippen MR) is 84.9 cm³/mol. The Morgan fingerprint density at radius 1 is 1.10 bits per heavy atom. The second-order valence-corrected chi connectivity index (χ2v) is 6.50. The topological polar surface area (TPSA) is 37.4 Å². The summed E-state index contributed by atoms with van der Waals surface area (Å²) in [6.45, 7) is 3.04. The normalized spacial score (nSPS) is 16.2.